The average Bonchev–Trinajstić information content (AvgIpc) is 3.18. The van der Waals surface area contributed by atoms with Crippen LogP contribution in [0.2, 0.25) is 0 Å². The largest absolute Gasteiger partial charge is 0.494 e. The van der Waals surface area contributed by atoms with Crippen molar-refractivity contribution in [2.75, 3.05) is 0 Å². The summed E-state index contributed by atoms with van der Waals surface area (Å²) in [7, 11) is -0.349. The number of hydrogen-bond acceptors (Lipinski definition) is 5. The predicted molar refractivity (Wildman–Crippen MR) is 114 cm³/mol. The van der Waals surface area contributed by atoms with Gasteiger partial charge in [0.25, 0.3) is 0 Å². The summed E-state index contributed by atoms with van der Waals surface area (Å²) in [5.41, 5.74) is 2.82. The molecule has 1 saturated heterocycles. The van der Waals surface area contributed by atoms with Gasteiger partial charge in [-0.1, -0.05) is 37.5 Å². The van der Waals surface area contributed by atoms with Gasteiger partial charge >= 0.3 is 7.12 Å². The van der Waals surface area contributed by atoms with Gasteiger partial charge in [0.1, 0.15) is 0 Å². The third-order valence-corrected chi connectivity index (χ3v) is 7.01. The fourth-order valence-corrected chi connectivity index (χ4v) is 4.28. The molecule has 0 spiro atoms. The van der Waals surface area contributed by atoms with E-state index in [0.29, 0.717) is 5.92 Å². The molecule has 1 aliphatic heterocycles. The minimum Gasteiger partial charge on any atom is -0.399 e. The van der Waals surface area contributed by atoms with Crippen LogP contribution in [0.3, 0.4) is 0 Å². The molecule has 1 aromatic heterocycles. The Morgan fingerprint density at radius 2 is 1.76 bits per heavy atom. The summed E-state index contributed by atoms with van der Waals surface area (Å²) >= 11 is 0. The number of rotatable bonds is 5. The molecule has 2 heterocycles. The molecule has 0 N–H and O–H groups in total. The minimum atomic E-state index is -0.349. The van der Waals surface area contributed by atoms with Crippen LogP contribution in [-0.2, 0) is 22.3 Å². The molecule has 7 heteroatoms. The lowest BCUT2D eigenvalue weighted by atomic mass is 9.77. The van der Waals surface area contributed by atoms with Gasteiger partial charge in [0.05, 0.1) is 11.2 Å². The maximum absolute atomic E-state index is 6.24. The maximum atomic E-state index is 6.24. The molecule has 0 unspecified atom stereocenters. The van der Waals surface area contributed by atoms with Gasteiger partial charge in [0.2, 0.25) is 0 Å². The average molecular weight is 396 g/mol. The zero-order valence-corrected chi connectivity index (χ0v) is 18.4. The van der Waals surface area contributed by atoms with Crippen LogP contribution in [0.1, 0.15) is 76.8 Å². The summed E-state index contributed by atoms with van der Waals surface area (Å²) in [5.74, 6) is 1.63. The van der Waals surface area contributed by atoms with Crippen LogP contribution in [0.15, 0.2) is 18.2 Å². The molecular weight excluding hydrogens is 363 g/mol. The lowest BCUT2D eigenvalue weighted by Crippen LogP contribution is -2.41. The van der Waals surface area contributed by atoms with E-state index in [0.717, 1.165) is 24.3 Å². The Bertz CT molecular complexity index is 842. The molecular formula is C22H33BN4O2. The molecule has 4 rings (SSSR count). The van der Waals surface area contributed by atoms with Crippen molar-refractivity contribution < 1.29 is 9.31 Å². The molecule has 0 amide bonds. The highest BCUT2D eigenvalue weighted by Crippen LogP contribution is 2.36. The molecule has 0 radical (unpaired) electrons. The van der Waals surface area contributed by atoms with Crippen LogP contribution in [0.4, 0.5) is 0 Å². The standard InChI is InChI=1S/C22H33BN4O2/c1-16-11-12-19(23-28-21(2,3)22(4,5)29-23)13-18(16)14-20-24-25-26-27(20)15-17-9-7-6-8-10-17/h11-13,17H,6-10,14-15H2,1-5H3. The topological polar surface area (TPSA) is 62.1 Å². The molecule has 2 aliphatic rings. The number of aryl methyl sites for hydroxylation is 1. The Kier molecular flexibility index (Phi) is 5.55. The second-order valence-electron chi connectivity index (χ2n) is 9.73. The number of aromatic nitrogens is 4. The summed E-state index contributed by atoms with van der Waals surface area (Å²) < 4.78 is 14.5. The number of nitrogens with zero attached hydrogens (tertiary/aromatic N) is 4. The van der Waals surface area contributed by atoms with Crippen LogP contribution in [0, 0.1) is 12.8 Å². The first-order chi connectivity index (χ1) is 13.7. The van der Waals surface area contributed by atoms with E-state index in [1.165, 1.54) is 43.2 Å². The van der Waals surface area contributed by atoms with E-state index < -0.39 is 0 Å². The third-order valence-electron chi connectivity index (χ3n) is 7.01. The van der Waals surface area contributed by atoms with Gasteiger partial charge in [-0.3, -0.25) is 0 Å². The van der Waals surface area contributed by atoms with Crippen molar-refractivity contribution in [1.82, 2.24) is 20.2 Å². The van der Waals surface area contributed by atoms with Crippen molar-refractivity contribution in [3.8, 4) is 0 Å². The fourth-order valence-electron chi connectivity index (χ4n) is 4.28. The van der Waals surface area contributed by atoms with E-state index >= 15 is 0 Å². The highest BCUT2D eigenvalue weighted by Gasteiger charge is 2.51. The summed E-state index contributed by atoms with van der Waals surface area (Å²) in [6.45, 7) is 11.4. The van der Waals surface area contributed by atoms with Gasteiger partial charge in [-0.2, -0.15) is 0 Å². The lowest BCUT2D eigenvalue weighted by Gasteiger charge is -2.32. The highest BCUT2D eigenvalue weighted by atomic mass is 16.7. The van der Waals surface area contributed by atoms with E-state index in [1.807, 2.05) is 4.68 Å². The zero-order chi connectivity index (χ0) is 20.6. The molecule has 2 fully saturated rings. The van der Waals surface area contributed by atoms with E-state index in [2.05, 4.69) is 68.3 Å². The summed E-state index contributed by atoms with van der Waals surface area (Å²) in [4.78, 5) is 0. The predicted octanol–water partition coefficient (Wildman–Crippen LogP) is 3.45. The van der Waals surface area contributed by atoms with Gasteiger partial charge in [-0.05, 0) is 80.4 Å². The molecule has 0 atom stereocenters. The van der Waals surface area contributed by atoms with E-state index in [-0.39, 0.29) is 18.3 Å². The maximum Gasteiger partial charge on any atom is 0.494 e. The van der Waals surface area contributed by atoms with Gasteiger partial charge in [0, 0.05) is 13.0 Å². The highest BCUT2D eigenvalue weighted by molar-refractivity contribution is 6.62. The Morgan fingerprint density at radius 1 is 1.07 bits per heavy atom. The van der Waals surface area contributed by atoms with Gasteiger partial charge in [-0.15, -0.1) is 5.10 Å². The molecule has 1 saturated carbocycles. The number of hydrogen-bond donors (Lipinski definition) is 0. The number of tetrazole rings is 1. The van der Waals surface area contributed by atoms with E-state index in [9.17, 15) is 0 Å². The van der Waals surface area contributed by atoms with Crippen molar-refractivity contribution in [3.05, 3.63) is 35.2 Å². The van der Waals surface area contributed by atoms with E-state index in [1.54, 1.807) is 0 Å². The monoisotopic (exact) mass is 396 g/mol. The normalized spacial score (nSPS) is 21.6. The van der Waals surface area contributed by atoms with Gasteiger partial charge < -0.3 is 9.31 Å². The van der Waals surface area contributed by atoms with Crippen LogP contribution in [-0.4, -0.2) is 38.5 Å². The quantitative estimate of drug-likeness (QED) is 0.725. The summed E-state index contributed by atoms with van der Waals surface area (Å²) in [6, 6.07) is 6.44. The molecule has 29 heavy (non-hydrogen) atoms. The molecule has 6 nitrogen and oxygen atoms in total. The second kappa shape index (κ2) is 7.84. The first-order valence-electron chi connectivity index (χ1n) is 11.0. The molecule has 1 aliphatic carbocycles. The van der Waals surface area contributed by atoms with Crippen LogP contribution in [0.5, 0.6) is 0 Å². The SMILES string of the molecule is Cc1ccc(B2OC(C)(C)C(C)(C)O2)cc1Cc1nnnn1CC1CCCCC1. The smallest absolute Gasteiger partial charge is 0.399 e. The zero-order valence-electron chi connectivity index (χ0n) is 18.4. The Labute approximate surface area is 174 Å². The second-order valence-corrected chi connectivity index (χ2v) is 9.73. The van der Waals surface area contributed by atoms with Gasteiger partial charge in [-0.25, -0.2) is 4.68 Å². The fraction of sp³-hybridized carbons (Fsp3) is 0.682. The summed E-state index contributed by atoms with van der Waals surface area (Å²) in [6.07, 6.45) is 7.32. The van der Waals surface area contributed by atoms with Crippen LogP contribution < -0.4 is 5.46 Å². The third kappa shape index (κ3) is 4.26. The molecule has 156 valence electrons. The molecule has 1 aromatic carbocycles. The van der Waals surface area contributed by atoms with E-state index in [4.69, 9.17) is 9.31 Å². The summed E-state index contributed by atoms with van der Waals surface area (Å²) in [5, 5.41) is 12.6. The van der Waals surface area contributed by atoms with Crippen molar-refractivity contribution >= 4 is 12.6 Å². The van der Waals surface area contributed by atoms with Crippen molar-refractivity contribution in [2.24, 2.45) is 5.92 Å². The molecule has 0 bridgehead atoms. The van der Waals surface area contributed by atoms with Crippen molar-refractivity contribution in [3.63, 3.8) is 0 Å². The van der Waals surface area contributed by atoms with Crippen molar-refractivity contribution in [1.29, 1.82) is 0 Å². The first kappa shape index (κ1) is 20.5. The molecule has 2 aromatic rings. The van der Waals surface area contributed by atoms with Gasteiger partial charge in [0.15, 0.2) is 5.82 Å². The Morgan fingerprint density at radius 3 is 2.45 bits per heavy atom. The Balaban J connectivity index is 1.52. The minimum absolute atomic E-state index is 0.340. The number of benzene rings is 1. The lowest BCUT2D eigenvalue weighted by molar-refractivity contribution is 0.00578. The van der Waals surface area contributed by atoms with Crippen LogP contribution >= 0.6 is 0 Å². The van der Waals surface area contributed by atoms with Crippen LogP contribution in [0.25, 0.3) is 0 Å². The first-order valence-corrected chi connectivity index (χ1v) is 11.0. The Hall–Kier alpha value is -1.73. The van der Waals surface area contributed by atoms with Crippen molar-refractivity contribution in [2.45, 2.75) is 90.9 Å².